The van der Waals surface area contributed by atoms with E-state index in [1.54, 1.807) is 6.92 Å². The number of H-pyrrole nitrogens is 1. The smallest absolute Gasteiger partial charge is 0.255 e. The van der Waals surface area contributed by atoms with Crippen molar-refractivity contribution in [2.24, 2.45) is 0 Å². The summed E-state index contributed by atoms with van der Waals surface area (Å²) in [6.07, 6.45) is 0.694. The molecule has 4 nitrogen and oxygen atoms in total. The van der Waals surface area contributed by atoms with E-state index in [1.165, 1.54) is 0 Å². The van der Waals surface area contributed by atoms with Crippen molar-refractivity contribution in [3.63, 3.8) is 0 Å². The molecular formula is C7H11N3O. The van der Waals surface area contributed by atoms with Gasteiger partial charge in [-0.15, -0.1) is 0 Å². The predicted molar refractivity (Wildman–Crippen MR) is 43.4 cm³/mol. The van der Waals surface area contributed by atoms with Gasteiger partial charge in [-0.05, 0) is 6.92 Å². The van der Waals surface area contributed by atoms with E-state index in [0.717, 1.165) is 0 Å². The normalized spacial score (nSPS) is 10.0. The Morgan fingerprint density at radius 3 is 2.73 bits per heavy atom. The lowest BCUT2D eigenvalue weighted by molar-refractivity contribution is 0.914. The van der Waals surface area contributed by atoms with Gasteiger partial charge in [0, 0.05) is 6.42 Å². The zero-order chi connectivity index (χ0) is 8.43. The van der Waals surface area contributed by atoms with Crippen LogP contribution in [0.15, 0.2) is 4.79 Å². The van der Waals surface area contributed by atoms with Crippen LogP contribution in [-0.2, 0) is 6.42 Å². The molecule has 0 aliphatic rings. The Balaban J connectivity index is 3.32. The molecule has 0 aliphatic heterocycles. The summed E-state index contributed by atoms with van der Waals surface area (Å²) >= 11 is 0. The maximum atomic E-state index is 11.0. The minimum atomic E-state index is -0.144. The SMILES string of the molecule is CCc1nc(N)c(C)c(=O)[nH]1. The first-order valence-corrected chi connectivity index (χ1v) is 3.50. The number of anilines is 1. The molecule has 0 amide bonds. The molecule has 0 saturated carbocycles. The molecule has 0 unspecified atom stereocenters. The highest BCUT2D eigenvalue weighted by Crippen LogP contribution is 1.99. The highest BCUT2D eigenvalue weighted by atomic mass is 16.1. The van der Waals surface area contributed by atoms with E-state index in [4.69, 9.17) is 5.73 Å². The van der Waals surface area contributed by atoms with Gasteiger partial charge >= 0.3 is 0 Å². The van der Waals surface area contributed by atoms with Crippen LogP contribution in [0.5, 0.6) is 0 Å². The minimum Gasteiger partial charge on any atom is -0.383 e. The molecule has 0 bridgehead atoms. The van der Waals surface area contributed by atoms with Gasteiger partial charge in [0.05, 0.1) is 5.56 Å². The first kappa shape index (κ1) is 7.78. The largest absolute Gasteiger partial charge is 0.383 e. The number of aromatic amines is 1. The molecule has 0 saturated heterocycles. The van der Waals surface area contributed by atoms with Crippen LogP contribution in [-0.4, -0.2) is 9.97 Å². The molecule has 0 spiro atoms. The van der Waals surface area contributed by atoms with Crippen LogP contribution in [0.4, 0.5) is 5.82 Å². The highest BCUT2D eigenvalue weighted by molar-refractivity contribution is 5.35. The zero-order valence-electron chi connectivity index (χ0n) is 6.64. The van der Waals surface area contributed by atoms with Crippen molar-refractivity contribution < 1.29 is 0 Å². The molecule has 11 heavy (non-hydrogen) atoms. The van der Waals surface area contributed by atoms with Crippen molar-refractivity contribution in [3.05, 3.63) is 21.7 Å². The Bertz CT molecular complexity index is 316. The fourth-order valence-electron chi connectivity index (χ4n) is 0.766. The summed E-state index contributed by atoms with van der Waals surface area (Å²) in [5.41, 5.74) is 5.81. The molecule has 0 radical (unpaired) electrons. The van der Waals surface area contributed by atoms with E-state index < -0.39 is 0 Å². The maximum absolute atomic E-state index is 11.0. The van der Waals surface area contributed by atoms with Crippen LogP contribution in [0.2, 0.25) is 0 Å². The first-order valence-electron chi connectivity index (χ1n) is 3.50. The fraction of sp³-hybridized carbons (Fsp3) is 0.429. The Labute approximate surface area is 64.5 Å². The third kappa shape index (κ3) is 1.39. The number of aryl methyl sites for hydroxylation is 1. The molecule has 0 atom stereocenters. The van der Waals surface area contributed by atoms with Crippen molar-refractivity contribution >= 4 is 5.82 Å². The second-order valence-electron chi connectivity index (χ2n) is 2.38. The molecule has 1 aromatic rings. The van der Waals surface area contributed by atoms with Crippen LogP contribution in [0.25, 0.3) is 0 Å². The zero-order valence-corrected chi connectivity index (χ0v) is 6.64. The summed E-state index contributed by atoms with van der Waals surface area (Å²) in [5.74, 6) is 0.962. The Morgan fingerprint density at radius 2 is 2.27 bits per heavy atom. The summed E-state index contributed by atoms with van der Waals surface area (Å²) in [6, 6.07) is 0. The summed E-state index contributed by atoms with van der Waals surface area (Å²) in [6.45, 7) is 3.56. The second kappa shape index (κ2) is 2.74. The third-order valence-electron chi connectivity index (χ3n) is 1.57. The lowest BCUT2D eigenvalue weighted by Crippen LogP contribution is -2.16. The summed E-state index contributed by atoms with van der Waals surface area (Å²) in [4.78, 5) is 17.6. The first-order chi connectivity index (χ1) is 5.15. The summed E-state index contributed by atoms with van der Waals surface area (Å²) in [5, 5.41) is 0. The van der Waals surface area contributed by atoms with Crippen molar-refractivity contribution in [3.8, 4) is 0 Å². The molecule has 1 aromatic heterocycles. The number of rotatable bonds is 1. The quantitative estimate of drug-likeness (QED) is 0.606. The number of nitrogen functional groups attached to an aromatic ring is 1. The van der Waals surface area contributed by atoms with Crippen molar-refractivity contribution in [2.75, 3.05) is 5.73 Å². The highest BCUT2D eigenvalue weighted by Gasteiger charge is 2.01. The molecule has 1 heterocycles. The van der Waals surface area contributed by atoms with Crippen LogP contribution >= 0.6 is 0 Å². The van der Waals surface area contributed by atoms with E-state index in [0.29, 0.717) is 23.6 Å². The topological polar surface area (TPSA) is 71.8 Å². The fourth-order valence-corrected chi connectivity index (χ4v) is 0.766. The molecule has 0 aliphatic carbocycles. The third-order valence-corrected chi connectivity index (χ3v) is 1.57. The monoisotopic (exact) mass is 153 g/mol. The minimum absolute atomic E-state index is 0.144. The van der Waals surface area contributed by atoms with Gasteiger partial charge in [0.15, 0.2) is 0 Å². The molecule has 0 fully saturated rings. The number of hydrogen-bond donors (Lipinski definition) is 2. The Hall–Kier alpha value is -1.32. The number of nitrogens with two attached hydrogens (primary N) is 1. The van der Waals surface area contributed by atoms with E-state index >= 15 is 0 Å². The van der Waals surface area contributed by atoms with Crippen LogP contribution in [0.1, 0.15) is 18.3 Å². The number of aromatic nitrogens is 2. The van der Waals surface area contributed by atoms with Gasteiger partial charge in [-0.25, -0.2) is 4.98 Å². The Kier molecular flexibility index (Phi) is 1.94. The Morgan fingerprint density at radius 1 is 1.64 bits per heavy atom. The predicted octanol–water partition coefficient (Wildman–Crippen LogP) is 0.223. The molecule has 0 aromatic carbocycles. The van der Waals surface area contributed by atoms with Crippen molar-refractivity contribution in [2.45, 2.75) is 20.3 Å². The average molecular weight is 153 g/mol. The van der Waals surface area contributed by atoms with Crippen molar-refractivity contribution in [1.82, 2.24) is 9.97 Å². The van der Waals surface area contributed by atoms with Gasteiger partial charge in [-0.3, -0.25) is 4.79 Å². The van der Waals surface area contributed by atoms with Gasteiger partial charge in [0.1, 0.15) is 11.6 Å². The van der Waals surface area contributed by atoms with Gasteiger partial charge in [0.25, 0.3) is 5.56 Å². The number of nitrogens with one attached hydrogen (secondary N) is 1. The van der Waals surface area contributed by atoms with E-state index in [-0.39, 0.29) is 5.56 Å². The van der Waals surface area contributed by atoms with Crippen LogP contribution < -0.4 is 11.3 Å². The summed E-state index contributed by atoms with van der Waals surface area (Å²) < 4.78 is 0. The molecule has 1 rings (SSSR count). The van der Waals surface area contributed by atoms with Gasteiger partial charge in [-0.2, -0.15) is 0 Å². The lowest BCUT2D eigenvalue weighted by atomic mass is 10.3. The van der Waals surface area contributed by atoms with Gasteiger partial charge in [-0.1, -0.05) is 6.92 Å². The summed E-state index contributed by atoms with van der Waals surface area (Å²) in [7, 11) is 0. The average Bonchev–Trinajstić information content (AvgIpc) is 1.99. The van der Waals surface area contributed by atoms with Gasteiger partial charge in [0.2, 0.25) is 0 Å². The molecule has 3 N–H and O–H groups in total. The van der Waals surface area contributed by atoms with E-state index in [1.807, 2.05) is 6.92 Å². The molecular weight excluding hydrogens is 142 g/mol. The van der Waals surface area contributed by atoms with Crippen LogP contribution in [0, 0.1) is 6.92 Å². The maximum Gasteiger partial charge on any atom is 0.255 e. The van der Waals surface area contributed by atoms with Gasteiger partial charge < -0.3 is 10.7 Å². The lowest BCUT2D eigenvalue weighted by Gasteiger charge is -1.99. The standard InChI is InChI=1S/C7H11N3O/c1-3-5-9-6(8)4(2)7(11)10-5/h3H2,1-2H3,(H3,8,9,10,11). The van der Waals surface area contributed by atoms with Crippen LogP contribution in [0.3, 0.4) is 0 Å². The van der Waals surface area contributed by atoms with E-state index in [2.05, 4.69) is 9.97 Å². The molecule has 60 valence electrons. The van der Waals surface area contributed by atoms with Crippen molar-refractivity contribution in [1.29, 1.82) is 0 Å². The molecule has 4 heteroatoms. The number of hydrogen-bond acceptors (Lipinski definition) is 3. The second-order valence-corrected chi connectivity index (χ2v) is 2.38. The number of nitrogens with zero attached hydrogens (tertiary/aromatic N) is 1. The van der Waals surface area contributed by atoms with E-state index in [9.17, 15) is 4.79 Å².